The van der Waals surface area contributed by atoms with Crippen molar-refractivity contribution in [1.82, 2.24) is 0 Å². The Morgan fingerprint density at radius 2 is 1.38 bits per heavy atom. The molecule has 0 saturated heterocycles. The first kappa shape index (κ1) is 21.0. The third-order valence-corrected chi connectivity index (χ3v) is 5.16. The molecule has 1 fully saturated rings. The largest absolute Gasteiger partial charge is 0.373 e. The topological polar surface area (TPSA) is 35.5 Å². The molecular weight excluding hydrogens is 324 g/mol. The average Bonchev–Trinajstić information content (AvgIpc) is 2.66. The van der Waals surface area contributed by atoms with Crippen molar-refractivity contribution in [2.75, 3.05) is 0 Å². The highest BCUT2D eigenvalue weighted by molar-refractivity contribution is 5.88. The van der Waals surface area contributed by atoms with E-state index in [0.717, 1.165) is 38.2 Å². The van der Waals surface area contributed by atoms with Gasteiger partial charge in [-0.3, -0.25) is 4.89 Å². The first-order chi connectivity index (χ1) is 12.8. The minimum atomic E-state index is -0.398. The van der Waals surface area contributed by atoms with E-state index < -0.39 is 5.97 Å². The number of hydrogen-bond donors (Lipinski definition) is 0. The lowest BCUT2D eigenvalue weighted by atomic mass is 9.99. The van der Waals surface area contributed by atoms with Crippen molar-refractivity contribution in [3.63, 3.8) is 0 Å². The molecule has 0 bridgehead atoms. The van der Waals surface area contributed by atoms with E-state index in [-0.39, 0.29) is 0 Å². The van der Waals surface area contributed by atoms with Gasteiger partial charge in [-0.25, -0.2) is 4.79 Å². The monoisotopic (exact) mass is 359 g/mol. The van der Waals surface area contributed by atoms with Crippen LogP contribution in [0.2, 0.25) is 0 Å². The Hall–Kier alpha value is -1.35. The molecule has 1 aromatic rings. The molecule has 0 spiro atoms. The molecule has 145 valence electrons. The van der Waals surface area contributed by atoms with E-state index in [1.54, 1.807) is 0 Å². The summed E-state index contributed by atoms with van der Waals surface area (Å²) in [6.45, 7) is 2.18. The fourth-order valence-corrected chi connectivity index (χ4v) is 3.42. The second kappa shape index (κ2) is 12.9. The molecule has 1 aliphatic carbocycles. The second-order valence-corrected chi connectivity index (χ2v) is 7.48. The van der Waals surface area contributed by atoms with Gasteiger partial charge < -0.3 is 0 Å². The van der Waals surface area contributed by atoms with Crippen LogP contribution in [0.5, 0.6) is 0 Å². The van der Waals surface area contributed by atoms with Gasteiger partial charge in [-0.2, -0.15) is 4.89 Å². The van der Waals surface area contributed by atoms with Gasteiger partial charge in [0.25, 0.3) is 0 Å². The fraction of sp³-hybridized carbons (Fsp3) is 0.652. The summed E-state index contributed by atoms with van der Waals surface area (Å²) in [6.07, 6.45) is 17.5. The van der Waals surface area contributed by atoms with Gasteiger partial charge in [-0.1, -0.05) is 83.3 Å². The van der Waals surface area contributed by atoms with Crippen LogP contribution in [-0.4, -0.2) is 5.97 Å². The van der Waals surface area contributed by atoms with Crippen molar-refractivity contribution in [3.05, 3.63) is 41.5 Å². The molecule has 1 saturated carbocycles. The van der Waals surface area contributed by atoms with Crippen molar-refractivity contribution >= 4 is 5.97 Å². The number of carbonyl (C=O) groups is 1. The maximum atomic E-state index is 12.2. The number of unbranched alkanes of at least 4 members (excludes halogenated alkanes) is 1. The van der Waals surface area contributed by atoms with E-state index in [0.29, 0.717) is 5.56 Å². The van der Waals surface area contributed by atoms with E-state index in [1.165, 1.54) is 63.4 Å². The number of aryl methyl sites for hydroxylation is 1. The van der Waals surface area contributed by atoms with E-state index in [4.69, 9.17) is 9.78 Å². The predicted molar refractivity (Wildman–Crippen MR) is 106 cm³/mol. The Bertz CT molecular complexity index is 483. The van der Waals surface area contributed by atoms with Crippen LogP contribution in [0, 0.1) is 6.10 Å². The van der Waals surface area contributed by atoms with Gasteiger partial charge in [-0.15, -0.1) is 0 Å². The van der Waals surface area contributed by atoms with Crippen LogP contribution in [0.3, 0.4) is 0 Å². The van der Waals surface area contributed by atoms with Crippen LogP contribution in [0.1, 0.15) is 106 Å². The minimum Gasteiger partial charge on any atom is -0.292 e. The van der Waals surface area contributed by atoms with E-state index >= 15 is 0 Å². The Balaban J connectivity index is 1.77. The van der Waals surface area contributed by atoms with E-state index in [2.05, 4.69) is 6.92 Å². The molecular formula is C23H35O3. The SMILES string of the molecule is CCCCc1ccc(C(=O)OO[C]2CCCCCCCCCCC2)cc1. The molecule has 3 nitrogen and oxygen atoms in total. The summed E-state index contributed by atoms with van der Waals surface area (Å²) in [5.41, 5.74) is 1.82. The van der Waals surface area contributed by atoms with Crippen LogP contribution in [0.25, 0.3) is 0 Å². The summed E-state index contributed by atoms with van der Waals surface area (Å²) >= 11 is 0. The lowest BCUT2D eigenvalue weighted by Gasteiger charge is -2.16. The predicted octanol–water partition coefficient (Wildman–Crippen LogP) is 6.95. The molecule has 0 atom stereocenters. The summed E-state index contributed by atoms with van der Waals surface area (Å²) in [6, 6.07) is 7.69. The zero-order valence-electron chi connectivity index (χ0n) is 16.4. The molecule has 1 radical (unpaired) electrons. The normalized spacial score (nSPS) is 17.9. The zero-order valence-corrected chi connectivity index (χ0v) is 16.4. The van der Waals surface area contributed by atoms with Crippen LogP contribution in [0.4, 0.5) is 0 Å². The number of rotatable bonds is 6. The molecule has 0 amide bonds. The maximum Gasteiger partial charge on any atom is 0.373 e. The maximum absolute atomic E-state index is 12.2. The van der Waals surface area contributed by atoms with Crippen molar-refractivity contribution in [2.45, 2.75) is 96.8 Å². The molecule has 0 aromatic heterocycles. The Kier molecular flexibility index (Phi) is 10.4. The Labute approximate surface area is 159 Å². The third-order valence-electron chi connectivity index (χ3n) is 5.16. The van der Waals surface area contributed by atoms with Gasteiger partial charge >= 0.3 is 5.97 Å². The lowest BCUT2D eigenvalue weighted by Crippen LogP contribution is -2.11. The number of hydrogen-bond acceptors (Lipinski definition) is 3. The summed E-state index contributed by atoms with van der Waals surface area (Å²) in [7, 11) is 0. The highest BCUT2D eigenvalue weighted by atomic mass is 17.2. The molecule has 0 N–H and O–H groups in total. The fourth-order valence-electron chi connectivity index (χ4n) is 3.42. The first-order valence-corrected chi connectivity index (χ1v) is 10.6. The molecule has 1 aliphatic rings. The molecule has 1 aromatic carbocycles. The Morgan fingerprint density at radius 1 is 0.846 bits per heavy atom. The molecule has 0 unspecified atom stereocenters. The minimum absolute atomic E-state index is 0.398. The standard InChI is InChI=1S/C23H35O3/c1-2-3-13-20-16-18-21(19-17-20)23(24)26-25-22-14-11-9-7-5-4-6-8-10-12-15-22/h16-19H,2-15H2,1H3. The van der Waals surface area contributed by atoms with Crippen molar-refractivity contribution in [2.24, 2.45) is 0 Å². The van der Waals surface area contributed by atoms with Gasteiger partial charge in [0, 0.05) is 0 Å². The highest BCUT2D eigenvalue weighted by Gasteiger charge is 2.16. The van der Waals surface area contributed by atoms with Crippen LogP contribution < -0.4 is 0 Å². The summed E-state index contributed by atoms with van der Waals surface area (Å²) in [4.78, 5) is 22.8. The highest BCUT2D eigenvalue weighted by Crippen LogP contribution is 2.24. The molecule has 0 aliphatic heterocycles. The molecule has 26 heavy (non-hydrogen) atoms. The number of carbonyl (C=O) groups excluding carboxylic acids is 1. The van der Waals surface area contributed by atoms with Crippen molar-refractivity contribution < 1.29 is 14.6 Å². The summed E-state index contributed by atoms with van der Waals surface area (Å²) in [5.74, 6) is -0.398. The third kappa shape index (κ3) is 8.35. The second-order valence-electron chi connectivity index (χ2n) is 7.48. The van der Waals surface area contributed by atoms with E-state index in [9.17, 15) is 4.79 Å². The van der Waals surface area contributed by atoms with E-state index in [1.807, 2.05) is 24.3 Å². The van der Waals surface area contributed by atoms with Crippen LogP contribution in [-0.2, 0) is 16.2 Å². The average molecular weight is 360 g/mol. The molecule has 0 heterocycles. The quantitative estimate of drug-likeness (QED) is 0.407. The smallest absolute Gasteiger partial charge is 0.292 e. The number of benzene rings is 1. The molecule has 3 heteroatoms. The lowest BCUT2D eigenvalue weighted by molar-refractivity contribution is -0.237. The molecule has 2 rings (SSSR count). The van der Waals surface area contributed by atoms with Crippen molar-refractivity contribution in [1.29, 1.82) is 0 Å². The summed E-state index contributed by atoms with van der Waals surface area (Å²) < 4.78 is 0. The van der Waals surface area contributed by atoms with Crippen LogP contribution >= 0.6 is 0 Å². The zero-order chi connectivity index (χ0) is 18.5. The summed E-state index contributed by atoms with van der Waals surface area (Å²) in [5, 5.41) is 0. The Morgan fingerprint density at radius 3 is 1.92 bits per heavy atom. The van der Waals surface area contributed by atoms with Crippen LogP contribution in [0.15, 0.2) is 24.3 Å². The first-order valence-electron chi connectivity index (χ1n) is 10.6. The van der Waals surface area contributed by atoms with Gasteiger partial charge in [0.05, 0.1) is 5.56 Å². The van der Waals surface area contributed by atoms with Gasteiger partial charge in [0.2, 0.25) is 0 Å². The van der Waals surface area contributed by atoms with Gasteiger partial charge in [0.1, 0.15) is 6.10 Å². The van der Waals surface area contributed by atoms with Gasteiger partial charge in [0.15, 0.2) is 0 Å². The van der Waals surface area contributed by atoms with Crippen molar-refractivity contribution in [3.8, 4) is 0 Å². The van der Waals surface area contributed by atoms with Gasteiger partial charge in [-0.05, 0) is 43.4 Å².